The molecule has 0 radical (unpaired) electrons. The van der Waals surface area contributed by atoms with Crippen LogP contribution in [0.15, 0.2) is 65.7 Å². The minimum Gasteiger partial charge on any atom is -0.507 e. The zero-order valence-corrected chi connectivity index (χ0v) is 17.5. The lowest BCUT2D eigenvalue weighted by Crippen LogP contribution is -2.12. The quantitative estimate of drug-likeness (QED) is 0.363. The van der Waals surface area contributed by atoms with Gasteiger partial charge in [-0.25, -0.2) is 17.2 Å². The first-order valence-corrected chi connectivity index (χ1v) is 10.6. The van der Waals surface area contributed by atoms with Crippen molar-refractivity contribution in [3.63, 3.8) is 0 Å². The van der Waals surface area contributed by atoms with E-state index in [1.54, 1.807) is 32.0 Å². The van der Waals surface area contributed by atoms with E-state index < -0.39 is 27.5 Å². The van der Waals surface area contributed by atoms with Crippen molar-refractivity contribution >= 4 is 38.4 Å². The molecule has 0 aliphatic carbocycles. The number of carbonyl (C=O) groups is 2. The van der Waals surface area contributed by atoms with E-state index >= 15 is 0 Å². The van der Waals surface area contributed by atoms with E-state index in [0.717, 1.165) is 10.0 Å². The van der Waals surface area contributed by atoms with Crippen molar-refractivity contribution in [3.8, 4) is 0 Å². The third-order valence-corrected chi connectivity index (χ3v) is 5.95. The molecule has 7 nitrogen and oxygen atoms in total. The number of aliphatic hydroxyl groups is 1. The van der Waals surface area contributed by atoms with Crippen LogP contribution in [0.1, 0.15) is 36.7 Å². The van der Waals surface area contributed by atoms with Gasteiger partial charge in [-0.3, -0.25) is 4.79 Å². The van der Waals surface area contributed by atoms with Gasteiger partial charge in [-0.1, -0.05) is 18.2 Å². The molecule has 0 unspecified atom stereocenters. The summed E-state index contributed by atoms with van der Waals surface area (Å²) in [4.78, 5) is 23.8. The van der Waals surface area contributed by atoms with Gasteiger partial charge in [0.15, 0.2) is 5.78 Å². The van der Waals surface area contributed by atoms with Gasteiger partial charge in [0.25, 0.3) is 10.0 Å². The number of ketones is 1. The fraction of sp³-hybridized carbons (Fsp3) is 0.182. The van der Waals surface area contributed by atoms with Crippen molar-refractivity contribution in [1.29, 1.82) is 0 Å². The molecule has 156 valence electrons. The number of allylic oxidation sites excluding steroid dienone is 1. The van der Waals surface area contributed by atoms with Gasteiger partial charge < -0.3 is 9.84 Å². The molecule has 0 saturated carbocycles. The zero-order chi connectivity index (χ0) is 22.1. The Balaban J connectivity index is 2.27. The lowest BCUT2D eigenvalue weighted by Gasteiger charge is -2.09. The number of hydrogen-bond donors (Lipinski definition) is 1. The standard InChI is InChI=1S/C22H21NO6S/c1-14(2)29-22(26)16-9-10-20-18(12-16)19(21(25)11-15(3)24)13-23(20)30(27,28)17-7-5-4-6-8-17/h4-14,25H,1-3H3/b21-11-. The first kappa shape index (κ1) is 21.3. The van der Waals surface area contributed by atoms with E-state index in [4.69, 9.17) is 4.74 Å². The molecule has 0 bridgehead atoms. The van der Waals surface area contributed by atoms with Gasteiger partial charge in [0.1, 0.15) is 5.76 Å². The van der Waals surface area contributed by atoms with Crippen LogP contribution in [-0.2, 0) is 19.6 Å². The summed E-state index contributed by atoms with van der Waals surface area (Å²) in [6.45, 7) is 4.69. The Morgan fingerprint density at radius 3 is 2.37 bits per heavy atom. The molecule has 0 fully saturated rings. The third-order valence-electron chi connectivity index (χ3n) is 4.26. The Kier molecular flexibility index (Phi) is 5.80. The molecule has 1 aromatic heterocycles. The second kappa shape index (κ2) is 8.16. The maximum atomic E-state index is 13.2. The Labute approximate surface area is 174 Å². The molecule has 1 heterocycles. The molecule has 3 aromatic rings. The smallest absolute Gasteiger partial charge is 0.338 e. The first-order chi connectivity index (χ1) is 14.1. The van der Waals surface area contributed by atoms with Crippen molar-refractivity contribution in [2.24, 2.45) is 0 Å². The molecule has 3 rings (SSSR count). The van der Waals surface area contributed by atoms with Crippen LogP contribution in [0.25, 0.3) is 16.7 Å². The number of aromatic nitrogens is 1. The number of fused-ring (bicyclic) bond motifs is 1. The number of hydrogen-bond acceptors (Lipinski definition) is 6. The van der Waals surface area contributed by atoms with Crippen LogP contribution in [-0.4, -0.2) is 35.4 Å². The minimum absolute atomic E-state index is 0.0618. The predicted octanol–water partition coefficient (Wildman–Crippen LogP) is 3.93. The van der Waals surface area contributed by atoms with Crippen LogP contribution < -0.4 is 0 Å². The highest BCUT2D eigenvalue weighted by molar-refractivity contribution is 7.90. The molecule has 0 spiro atoms. The number of rotatable bonds is 6. The monoisotopic (exact) mass is 427 g/mol. The number of aliphatic hydroxyl groups excluding tert-OH is 1. The fourth-order valence-electron chi connectivity index (χ4n) is 2.99. The van der Waals surface area contributed by atoms with Gasteiger partial charge >= 0.3 is 5.97 Å². The molecule has 0 aliphatic rings. The average molecular weight is 427 g/mol. The maximum Gasteiger partial charge on any atom is 0.338 e. The molecule has 0 saturated heterocycles. The number of ether oxygens (including phenoxy) is 1. The summed E-state index contributed by atoms with van der Waals surface area (Å²) in [5.41, 5.74) is 0.556. The lowest BCUT2D eigenvalue weighted by molar-refractivity contribution is -0.112. The van der Waals surface area contributed by atoms with E-state index in [1.807, 2.05) is 0 Å². The Morgan fingerprint density at radius 1 is 1.10 bits per heavy atom. The van der Waals surface area contributed by atoms with Gasteiger partial charge in [0.05, 0.1) is 22.1 Å². The van der Waals surface area contributed by atoms with Crippen molar-refractivity contribution in [2.45, 2.75) is 31.8 Å². The van der Waals surface area contributed by atoms with Crippen LogP contribution >= 0.6 is 0 Å². The van der Waals surface area contributed by atoms with E-state index in [2.05, 4.69) is 0 Å². The average Bonchev–Trinajstić information content (AvgIpc) is 3.07. The van der Waals surface area contributed by atoms with Crippen LogP contribution in [0, 0.1) is 0 Å². The second-order valence-electron chi connectivity index (χ2n) is 6.98. The van der Waals surface area contributed by atoms with E-state index in [1.165, 1.54) is 43.5 Å². The van der Waals surface area contributed by atoms with Gasteiger partial charge in [0.2, 0.25) is 0 Å². The summed E-state index contributed by atoms with van der Waals surface area (Å²) in [7, 11) is -3.98. The SMILES string of the molecule is CC(=O)/C=C(\O)c1cn(S(=O)(=O)c2ccccc2)c2ccc(C(=O)OC(C)C)cc12. The lowest BCUT2D eigenvalue weighted by atomic mass is 10.1. The van der Waals surface area contributed by atoms with E-state index in [-0.39, 0.29) is 27.6 Å². The summed E-state index contributed by atoms with van der Waals surface area (Å²) in [6, 6.07) is 12.2. The normalized spacial score (nSPS) is 12.3. The van der Waals surface area contributed by atoms with Crippen molar-refractivity contribution < 1.29 is 27.9 Å². The predicted molar refractivity (Wildman–Crippen MR) is 113 cm³/mol. The van der Waals surface area contributed by atoms with Crippen LogP contribution in [0.3, 0.4) is 0 Å². The first-order valence-electron chi connectivity index (χ1n) is 9.19. The molecular formula is C22H21NO6S. The van der Waals surface area contributed by atoms with Crippen molar-refractivity contribution in [3.05, 3.63) is 71.9 Å². The van der Waals surface area contributed by atoms with Gasteiger partial charge in [-0.2, -0.15) is 0 Å². The van der Waals surface area contributed by atoms with Crippen molar-refractivity contribution in [2.75, 3.05) is 0 Å². The number of nitrogens with zero attached hydrogens (tertiary/aromatic N) is 1. The summed E-state index contributed by atoms with van der Waals surface area (Å²) in [5, 5.41) is 10.7. The number of benzene rings is 2. The third kappa shape index (κ3) is 4.13. The summed E-state index contributed by atoms with van der Waals surface area (Å²) < 4.78 is 32.6. The van der Waals surface area contributed by atoms with Gasteiger partial charge in [0, 0.05) is 23.2 Å². The Hall–Kier alpha value is -3.39. The molecule has 8 heteroatoms. The highest BCUT2D eigenvalue weighted by atomic mass is 32.2. The molecule has 1 N–H and O–H groups in total. The summed E-state index contributed by atoms with van der Waals surface area (Å²) in [6.07, 6.45) is 1.90. The molecule has 2 aromatic carbocycles. The fourth-order valence-corrected chi connectivity index (χ4v) is 4.38. The molecule has 30 heavy (non-hydrogen) atoms. The Morgan fingerprint density at radius 2 is 1.77 bits per heavy atom. The van der Waals surface area contributed by atoms with E-state index in [0.29, 0.717) is 5.39 Å². The summed E-state index contributed by atoms with van der Waals surface area (Å²) in [5.74, 6) is -1.38. The van der Waals surface area contributed by atoms with Gasteiger partial charge in [-0.05, 0) is 51.1 Å². The summed E-state index contributed by atoms with van der Waals surface area (Å²) >= 11 is 0. The maximum absolute atomic E-state index is 13.2. The minimum atomic E-state index is -3.98. The second-order valence-corrected chi connectivity index (χ2v) is 8.80. The highest BCUT2D eigenvalue weighted by Gasteiger charge is 2.23. The van der Waals surface area contributed by atoms with Crippen LogP contribution in [0.4, 0.5) is 0 Å². The van der Waals surface area contributed by atoms with Crippen LogP contribution in [0.5, 0.6) is 0 Å². The van der Waals surface area contributed by atoms with E-state index in [9.17, 15) is 23.1 Å². The highest BCUT2D eigenvalue weighted by Crippen LogP contribution is 2.30. The Bertz CT molecular complexity index is 1250. The topological polar surface area (TPSA) is 103 Å². The molecule has 0 atom stereocenters. The molecular weight excluding hydrogens is 406 g/mol. The molecule has 0 amide bonds. The largest absolute Gasteiger partial charge is 0.507 e. The molecule has 0 aliphatic heterocycles. The number of esters is 1. The van der Waals surface area contributed by atoms with Crippen molar-refractivity contribution in [1.82, 2.24) is 3.97 Å². The zero-order valence-electron chi connectivity index (χ0n) is 16.7. The number of carbonyl (C=O) groups excluding carboxylic acids is 2. The van der Waals surface area contributed by atoms with Gasteiger partial charge in [-0.15, -0.1) is 0 Å². The van der Waals surface area contributed by atoms with Crippen LogP contribution in [0.2, 0.25) is 0 Å².